The lowest BCUT2D eigenvalue weighted by atomic mass is 10.3. The molecule has 1 unspecified atom stereocenters. The van der Waals surface area contributed by atoms with Gasteiger partial charge in [0.2, 0.25) is 0 Å². The second-order valence-corrected chi connectivity index (χ2v) is 3.95. The summed E-state index contributed by atoms with van der Waals surface area (Å²) in [6.45, 7) is 0.279. The summed E-state index contributed by atoms with van der Waals surface area (Å²) in [7, 11) is 0. The Kier molecular flexibility index (Phi) is 4.32. The van der Waals surface area contributed by atoms with Gasteiger partial charge in [0, 0.05) is 12.3 Å². The maximum absolute atomic E-state index is 10.9. The minimum absolute atomic E-state index is 0.279. The standard InChI is InChI=1S/C8H11N3O3S/c9-3-1-5(7(13)14)15-8-10-4-2-6(12)11-8/h2,4-5H,1,3,9H2,(H,13,14)(H,10,11,12). The molecule has 0 bridgehead atoms. The summed E-state index contributed by atoms with van der Waals surface area (Å²) in [4.78, 5) is 28.0. The Bertz CT molecular complexity index is 393. The van der Waals surface area contributed by atoms with Crippen molar-refractivity contribution in [3.8, 4) is 0 Å². The van der Waals surface area contributed by atoms with Gasteiger partial charge in [-0.25, -0.2) is 4.98 Å². The summed E-state index contributed by atoms with van der Waals surface area (Å²) >= 11 is 0.989. The van der Waals surface area contributed by atoms with Gasteiger partial charge in [0.1, 0.15) is 5.25 Å². The molecule has 82 valence electrons. The van der Waals surface area contributed by atoms with Gasteiger partial charge in [-0.15, -0.1) is 0 Å². The van der Waals surface area contributed by atoms with E-state index >= 15 is 0 Å². The van der Waals surface area contributed by atoms with Crippen LogP contribution in [0.5, 0.6) is 0 Å². The largest absolute Gasteiger partial charge is 0.480 e. The van der Waals surface area contributed by atoms with E-state index in [1.165, 1.54) is 12.3 Å². The molecule has 0 aliphatic rings. The minimum atomic E-state index is -0.961. The van der Waals surface area contributed by atoms with E-state index in [9.17, 15) is 9.59 Å². The monoisotopic (exact) mass is 229 g/mol. The predicted molar refractivity (Wildman–Crippen MR) is 55.8 cm³/mol. The molecule has 0 saturated heterocycles. The first-order valence-electron chi connectivity index (χ1n) is 4.28. The zero-order valence-electron chi connectivity index (χ0n) is 7.84. The first-order chi connectivity index (χ1) is 7.13. The first-order valence-corrected chi connectivity index (χ1v) is 5.16. The lowest BCUT2D eigenvalue weighted by Crippen LogP contribution is -2.21. The molecule has 15 heavy (non-hydrogen) atoms. The molecular weight excluding hydrogens is 218 g/mol. The van der Waals surface area contributed by atoms with Crippen LogP contribution in [0.4, 0.5) is 0 Å². The van der Waals surface area contributed by atoms with Crippen molar-refractivity contribution in [2.75, 3.05) is 6.54 Å². The number of nitrogens with two attached hydrogens (primary N) is 1. The first kappa shape index (κ1) is 11.7. The average Bonchev–Trinajstić information content (AvgIpc) is 2.17. The lowest BCUT2D eigenvalue weighted by Gasteiger charge is -2.08. The Hall–Kier alpha value is -1.34. The number of thioether (sulfide) groups is 1. The van der Waals surface area contributed by atoms with Crippen LogP contribution in [0.1, 0.15) is 6.42 Å². The number of aromatic nitrogens is 2. The van der Waals surface area contributed by atoms with Gasteiger partial charge in [-0.1, -0.05) is 11.8 Å². The van der Waals surface area contributed by atoms with Gasteiger partial charge in [-0.2, -0.15) is 0 Å². The van der Waals surface area contributed by atoms with E-state index in [1.807, 2.05) is 0 Å². The third-order valence-electron chi connectivity index (χ3n) is 1.61. The van der Waals surface area contributed by atoms with Gasteiger partial charge >= 0.3 is 5.97 Å². The number of hydrogen-bond donors (Lipinski definition) is 3. The fourth-order valence-corrected chi connectivity index (χ4v) is 1.84. The molecule has 1 rings (SSSR count). The molecule has 7 heteroatoms. The van der Waals surface area contributed by atoms with Crippen molar-refractivity contribution in [3.63, 3.8) is 0 Å². The lowest BCUT2D eigenvalue weighted by molar-refractivity contribution is -0.136. The number of rotatable bonds is 5. The smallest absolute Gasteiger partial charge is 0.317 e. The van der Waals surface area contributed by atoms with Gasteiger partial charge in [0.15, 0.2) is 5.16 Å². The van der Waals surface area contributed by atoms with Crippen LogP contribution in [-0.4, -0.2) is 32.8 Å². The van der Waals surface area contributed by atoms with Crippen LogP contribution < -0.4 is 11.3 Å². The SMILES string of the molecule is NCCC(Sc1nccc(=O)[nH]1)C(=O)O. The van der Waals surface area contributed by atoms with Crippen molar-refractivity contribution in [1.82, 2.24) is 9.97 Å². The van der Waals surface area contributed by atoms with Crippen molar-refractivity contribution in [2.45, 2.75) is 16.8 Å². The molecule has 0 aliphatic carbocycles. The highest BCUT2D eigenvalue weighted by Crippen LogP contribution is 2.20. The molecule has 0 aliphatic heterocycles. The number of carbonyl (C=O) groups is 1. The maximum Gasteiger partial charge on any atom is 0.317 e. The molecule has 0 radical (unpaired) electrons. The van der Waals surface area contributed by atoms with E-state index in [-0.39, 0.29) is 12.1 Å². The molecule has 1 atom stereocenters. The van der Waals surface area contributed by atoms with Crippen molar-refractivity contribution >= 4 is 17.7 Å². The summed E-state index contributed by atoms with van der Waals surface area (Å²) in [5, 5.41) is 8.45. The number of nitrogens with zero attached hydrogens (tertiary/aromatic N) is 1. The van der Waals surface area contributed by atoms with E-state index in [4.69, 9.17) is 10.8 Å². The number of carboxylic acids is 1. The fraction of sp³-hybridized carbons (Fsp3) is 0.375. The molecule has 0 aromatic carbocycles. The molecule has 0 amide bonds. The molecule has 0 saturated carbocycles. The highest BCUT2D eigenvalue weighted by Gasteiger charge is 2.18. The molecule has 1 heterocycles. The normalized spacial score (nSPS) is 12.3. The zero-order chi connectivity index (χ0) is 11.3. The highest BCUT2D eigenvalue weighted by molar-refractivity contribution is 8.00. The third-order valence-corrected chi connectivity index (χ3v) is 2.76. The Morgan fingerprint density at radius 3 is 3.00 bits per heavy atom. The Morgan fingerprint density at radius 2 is 2.47 bits per heavy atom. The Morgan fingerprint density at radius 1 is 1.73 bits per heavy atom. The second-order valence-electron chi connectivity index (χ2n) is 2.76. The van der Waals surface area contributed by atoms with Gasteiger partial charge in [-0.3, -0.25) is 9.59 Å². The Balaban J connectivity index is 2.73. The number of hydrogen-bond acceptors (Lipinski definition) is 5. The highest BCUT2D eigenvalue weighted by atomic mass is 32.2. The van der Waals surface area contributed by atoms with E-state index in [2.05, 4.69) is 9.97 Å². The topological polar surface area (TPSA) is 109 Å². The van der Waals surface area contributed by atoms with Crippen LogP contribution in [0.2, 0.25) is 0 Å². The van der Waals surface area contributed by atoms with Crippen molar-refractivity contribution < 1.29 is 9.90 Å². The molecular formula is C8H11N3O3S. The summed E-state index contributed by atoms with van der Waals surface area (Å²) < 4.78 is 0. The number of nitrogens with one attached hydrogen (secondary N) is 1. The quantitative estimate of drug-likeness (QED) is 0.471. The van der Waals surface area contributed by atoms with Crippen LogP contribution in [0, 0.1) is 0 Å². The van der Waals surface area contributed by atoms with Crippen LogP contribution >= 0.6 is 11.8 Å². The van der Waals surface area contributed by atoms with E-state index < -0.39 is 11.2 Å². The molecule has 1 aromatic heterocycles. The van der Waals surface area contributed by atoms with E-state index in [1.54, 1.807) is 0 Å². The van der Waals surface area contributed by atoms with Crippen LogP contribution in [-0.2, 0) is 4.79 Å². The maximum atomic E-state index is 10.9. The van der Waals surface area contributed by atoms with Gasteiger partial charge in [0.05, 0.1) is 0 Å². The molecule has 4 N–H and O–H groups in total. The zero-order valence-corrected chi connectivity index (χ0v) is 8.66. The number of carboxylic acid groups (broad SMARTS) is 1. The van der Waals surface area contributed by atoms with Crippen LogP contribution in [0.15, 0.2) is 22.2 Å². The summed E-state index contributed by atoms with van der Waals surface area (Å²) in [5.74, 6) is -0.961. The third kappa shape index (κ3) is 3.72. The average molecular weight is 229 g/mol. The van der Waals surface area contributed by atoms with Gasteiger partial charge < -0.3 is 15.8 Å². The van der Waals surface area contributed by atoms with Crippen molar-refractivity contribution in [1.29, 1.82) is 0 Å². The van der Waals surface area contributed by atoms with E-state index in [0.717, 1.165) is 11.8 Å². The molecule has 0 fully saturated rings. The molecule has 1 aromatic rings. The van der Waals surface area contributed by atoms with Crippen molar-refractivity contribution in [3.05, 3.63) is 22.6 Å². The fourth-order valence-electron chi connectivity index (χ4n) is 0.931. The second kappa shape index (κ2) is 5.52. The minimum Gasteiger partial charge on any atom is -0.480 e. The Labute approximate surface area is 89.9 Å². The number of aromatic amines is 1. The summed E-state index contributed by atoms with van der Waals surface area (Å²) in [5.41, 5.74) is 4.98. The molecule has 0 spiro atoms. The van der Waals surface area contributed by atoms with Crippen molar-refractivity contribution in [2.24, 2.45) is 5.73 Å². The van der Waals surface area contributed by atoms with Gasteiger partial charge in [0.25, 0.3) is 5.56 Å². The van der Waals surface area contributed by atoms with E-state index in [0.29, 0.717) is 11.6 Å². The molecule has 6 nitrogen and oxygen atoms in total. The number of aliphatic carboxylic acids is 1. The number of H-pyrrole nitrogens is 1. The van der Waals surface area contributed by atoms with Crippen LogP contribution in [0.3, 0.4) is 0 Å². The summed E-state index contributed by atoms with van der Waals surface area (Å²) in [6, 6.07) is 1.27. The summed E-state index contributed by atoms with van der Waals surface area (Å²) in [6.07, 6.45) is 1.67. The van der Waals surface area contributed by atoms with Crippen LogP contribution in [0.25, 0.3) is 0 Å². The predicted octanol–water partition coefficient (Wildman–Crippen LogP) is -0.336. The van der Waals surface area contributed by atoms with Gasteiger partial charge in [-0.05, 0) is 13.0 Å².